The zero-order valence-corrected chi connectivity index (χ0v) is 15.5. The summed E-state index contributed by atoms with van der Waals surface area (Å²) in [7, 11) is 1.56. The maximum Gasteiger partial charge on any atom is 0.277 e. The van der Waals surface area contributed by atoms with Crippen molar-refractivity contribution in [1.29, 1.82) is 0 Å². The van der Waals surface area contributed by atoms with E-state index in [9.17, 15) is 4.79 Å². The Bertz CT molecular complexity index is 910. The molecule has 6 nitrogen and oxygen atoms in total. The molecule has 1 unspecified atom stereocenters. The Labute approximate surface area is 156 Å². The number of ether oxygens (including phenoxy) is 1. The van der Waals surface area contributed by atoms with E-state index in [0.29, 0.717) is 22.6 Å². The average Bonchev–Trinajstić information content (AvgIpc) is 3.10. The van der Waals surface area contributed by atoms with Crippen LogP contribution in [0.2, 0.25) is 0 Å². The molecule has 3 aromatic rings. The third kappa shape index (κ3) is 4.05. The quantitative estimate of drug-likeness (QED) is 0.657. The number of rotatable bonds is 6. The van der Waals surface area contributed by atoms with Crippen LogP contribution < -0.4 is 10.1 Å². The number of hydrogen-bond acceptors (Lipinski definition) is 6. The number of anilines is 1. The lowest BCUT2D eigenvalue weighted by molar-refractivity contribution is -0.115. The van der Waals surface area contributed by atoms with E-state index in [1.165, 1.54) is 11.8 Å². The minimum absolute atomic E-state index is 0.171. The monoisotopic (exact) mass is 369 g/mol. The predicted molar refractivity (Wildman–Crippen MR) is 101 cm³/mol. The van der Waals surface area contributed by atoms with Crippen LogP contribution in [0.15, 0.2) is 58.2 Å². The van der Waals surface area contributed by atoms with Crippen LogP contribution in [0.25, 0.3) is 11.5 Å². The van der Waals surface area contributed by atoms with Crippen LogP contribution in [0.3, 0.4) is 0 Å². The van der Waals surface area contributed by atoms with Crippen molar-refractivity contribution in [3.8, 4) is 17.2 Å². The molecule has 2 aromatic carbocycles. The number of carbonyl (C=O) groups excluding carboxylic acids is 1. The van der Waals surface area contributed by atoms with Gasteiger partial charge in [-0.25, -0.2) is 0 Å². The third-order valence-electron chi connectivity index (χ3n) is 3.79. The van der Waals surface area contributed by atoms with Gasteiger partial charge in [0.1, 0.15) is 5.75 Å². The topological polar surface area (TPSA) is 77.2 Å². The number of amides is 1. The van der Waals surface area contributed by atoms with Crippen LogP contribution in [-0.4, -0.2) is 28.5 Å². The number of thioether (sulfide) groups is 1. The van der Waals surface area contributed by atoms with E-state index in [1.54, 1.807) is 26.2 Å². The normalized spacial score (nSPS) is 11.8. The summed E-state index contributed by atoms with van der Waals surface area (Å²) in [5, 5.41) is 10.9. The molecule has 0 fully saturated rings. The number of methoxy groups -OCH3 is 1. The van der Waals surface area contributed by atoms with Crippen molar-refractivity contribution >= 4 is 23.4 Å². The van der Waals surface area contributed by atoms with E-state index in [0.717, 1.165) is 11.1 Å². The molecule has 0 aliphatic heterocycles. The lowest BCUT2D eigenvalue weighted by Gasteiger charge is -2.12. The number of aryl methyl sites for hydroxylation is 1. The fraction of sp³-hybridized carbons (Fsp3) is 0.211. The van der Waals surface area contributed by atoms with Crippen molar-refractivity contribution in [3.63, 3.8) is 0 Å². The highest BCUT2D eigenvalue weighted by Crippen LogP contribution is 2.29. The molecule has 0 spiro atoms. The smallest absolute Gasteiger partial charge is 0.277 e. The van der Waals surface area contributed by atoms with Gasteiger partial charge in [-0.2, -0.15) is 0 Å². The number of benzene rings is 2. The summed E-state index contributed by atoms with van der Waals surface area (Å²) in [5.41, 5.74) is 2.56. The predicted octanol–water partition coefficient (Wildman–Crippen LogP) is 4.17. The van der Waals surface area contributed by atoms with Crippen molar-refractivity contribution in [2.45, 2.75) is 24.3 Å². The molecule has 0 aliphatic carbocycles. The van der Waals surface area contributed by atoms with Gasteiger partial charge in [0.2, 0.25) is 11.8 Å². The van der Waals surface area contributed by atoms with Crippen molar-refractivity contribution in [3.05, 3.63) is 54.1 Å². The lowest BCUT2D eigenvalue weighted by atomic mass is 10.1. The summed E-state index contributed by atoms with van der Waals surface area (Å²) in [6.45, 7) is 3.77. The van der Waals surface area contributed by atoms with Crippen LogP contribution in [0.1, 0.15) is 12.5 Å². The molecule has 26 heavy (non-hydrogen) atoms. The highest BCUT2D eigenvalue weighted by molar-refractivity contribution is 8.00. The van der Waals surface area contributed by atoms with Crippen LogP contribution >= 0.6 is 11.8 Å². The molecular formula is C19H19N3O3S. The summed E-state index contributed by atoms with van der Waals surface area (Å²) < 4.78 is 10.9. The highest BCUT2D eigenvalue weighted by Gasteiger charge is 2.20. The Morgan fingerprint density at radius 2 is 1.88 bits per heavy atom. The second kappa shape index (κ2) is 8.05. The zero-order valence-electron chi connectivity index (χ0n) is 14.7. The van der Waals surface area contributed by atoms with Crippen LogP contribution in [0.4, 0.5) is 5.69 Å². The number of para-hydroxylation sites is 2. The molecule has 1 amide bonds. The number of hydrogen-bond donors (Lipinski definition) is 1. The molecule has 1 aromatic heterocycles. The maximum absolute atomic E-state index is 12.4. The Morgan fingerprint density at radius 3 is 2.65 bits per heavy atom. The van der Waals surface area contributed by atoms with Crippen LogP contribution in [0.5, 0.6) is 5.75 Å². The average molecular weight is 369 g/mol. The largest absolute Gasteiger partial charge is 0.495 e. The summed E-state index contributed by atoms with van der Waals surface area (Å²) in [4.78, 5) is 12.4. The van der Waals surface area contributed by atoms with E-state index >= 15 is 0 Å². The fourth-order valence-electron chi connectivity index (χ4n) is 2.37. The summed E-state index contributed by atoms with van der Waals surface area (Å²) >= 11 is 1.21. The first-order valence-corrected chi connectivity index (χ1v) is 8.96. The molecule has 0 aliphatic rings. The molecular weight excluding hydrogens is 350 g/mol. The molecule has 1 heterocycles. The van der Waals surface area contributed by atoms with Gasteiger partial charge in [-0.05, 0) is 37.6 Å². The van der Waals surface area contributed by atoms with Gasteiger partial charge >= 0.3 is 0 Å². The summed E-state index contributed by atoms with van der Waals surface area (Å²) in [5.74, 6) is 0.885. The van der Waals surface area contributed by atoms with Gasteiger partial charge in [0.05, 0.1) is 18.0 Å². The van der Waals surface area contributed by atoms with Crippen molar-refractivity contribution in [2.24, 2.45) is 0 Å². The second-order valence-corrected chi connectivity index (χ2v) is 6.93. The van der Waals surface area contributed by atoms with Gasteiger partial charge in [-0.15, -0.1) is 10.2 Å². The van der Waals surface area contributed by atoms with E-state index in [4.69, 9.17) is 9.15 Å². The first kappa shape index (κ1) is 18.0. The zero-order chi connectivity index (χ0) is 18.5. The lowest BCUT2D eigenvalue weighted by Crippen LogP contribution is -2.22. The van der Waals surface area contributed by atoms with Gasteiger partial charge in [0, 0.05) is 5.56 Å². The second-order valence-electron chi connectivity index (χ2n) is 5.64. The van der Waals surface area contributed by atoms with E-state index < -0.39 is 5.25 Å². The maximum atomic E-state index is 12.4. The van der Waals surface area contributed by atoms with E-state index in [2.05, 4.69) is 15.5 Å². The standard InChI is InChI=1S/C19H19N3O3S/c1-12-8-4-5-9-14(12)18-21-22-19(25-18)26-13(2)17(23)20-15-10-6-7-11-16(15)24-3/h4-11,13H,1-3H3,(H,20,23). The Morgan fingerprint density at radius 1 is 1.15 bits per heavy atom. The molecule has 134 valence electrons. The summed E-state index contributed by atoms with van der Waals surface area (Å²) in [6.07, 6.45) is 0. The Hall–Kier alpha value is -2.80. The fourth-order valence-corrected chi connectivity index (χ4v) is 3.05. The van der Waals surface area contributed by atoms with Gasteiger partial charge < -0.3 is 14.5 Å². The molecule has 7 heteroatoms. The number of nitrogens with zero attached hydrogens (tertiary/aromatic N) is 2. The number of aromatic nitrogens is 2. The Kier molecular flexibility index (Phi) is 5.58. The minimum atomic E-state index is -0.412. The van der Waals surface area contributed by atoms with Crippen molar-refractivity contribution < 1.29 is 13.9 Å². The highest BCUT2D eigenvalue weighted by atomic mass is 32.2. The number of nitrogens with one attached hydrogen (secondary N) is 1. The molecule has 0 saturated heterocycles. The van der Waals surface area contributed by atoms with Crippen LogP contribution in [0, 0.1) is 6.92 Å². The van der Waals surface area contributed by atoms with Crippen molar-refractivity contribution in [1.82, 2.24) is 10.2 Å². The molecule has 0 saturated carbocycles. The first-order chi connectivity index (χ1) is 12.6. The first-order valence-electron chi connectivity index (χ1n) is 8.08. The summed E-state index contributed by atoms with van der Waals surface area (Å²) in [6, 6.07) is 15.0. The van der Waals surface area contributed by atoms with Gasteiger partial charge in [0.25, 0.3) is 5.22 Å². The molecule has 3 rings (SSSR count). The molecule has 0 radical (unpaired) electrons. The van der Waals surface area contributed by atoms with Gasteiger partial charge in [0.15, 0.2) is 0 Å². The number of carbonyl (C=O) groups is 1. The molecule has 1 atom stereocenters. The van der Waals surface area contributed by atoms with E-state index in [1.807, 2.05) is 43.3 Å². The van der Waals surface area contributed by atoms with E-state index in [-0.39, 0.29) is 5.91 Å². The van der Waals surface area contributed by atoms with Gasteiger partial charge in [-0.1, -0.05) is 42.1 Å². The molecule has 0 bridgehead atoms. The minimum Gasteiger partial charge on any atom is -0.495 e. The van der Waals surface area contributed by atoms with Gasteiger partial charge in [-0.3, -0.25) is 4.79 Å². The SMILES string of the molecule is COc1ccccc1NC(=O)C(C)Sc1nnc(-c2ccccc2C)o1. The third-order valence-corrected chi connectivity index (χ3v) is 4.73. The van der Waals surface area contributed by atoms with Crippen LogP contribution in [-0.2, 0) is 4.79 Å². The molecule has 1 N–H and O–H groups in total. The van der Waals surface area contributed by atoms with Crippen molar-refractivity contribution in [2.75, 3.05) is 12.4 Å². The Balaban J connectivity index is 1.67.